The van der Waals surface area contributed by atoms with Crippen LogP contribution in [0.3, 0.4) is 0 Å². The van der Waals surface area contributed by atoms with Gasteiger partial charge in [0.25, 0.3) is 5.91 Å². The number of fused-ring (bicyclic) bond motifs is 5. The average molecular weight is 700 g/mol. The van der Waals surface area contributed by atoms with Crippen LogP contribution < -0.4 is 21.5 Å². The first-order chi connectivity index (χ1) is 24.3. The third kappa shape index (κ3) is 7.50. The topological polar surface area (TPSA) is 156 Å². The maximum Gasteiger partial charge on any atom is 0.327 e. The van der Waals surface area contributed by atoms with Crippen LogP contribution in [0.4, 0.5) is 0 Å². The number of hydrogen-bond donors (Lipinski definition) is 6. The zero-order valence-corrected chi connectivity index (χ0v) is 28.9. The van der Waals surface area contributed by atoms with Crippen LogP contribution in [0.5, 0.6) is 5.75 Å². The van der Waals surface area contributed by atoms with E-state index in [0.717, 1.165) is 50.2 Å². The molecule has 2 atom stereocenters. The summed E-state index contributed by atoms with van der Waals surface area (Å²) in [6, 6.07) is 18.1. The highest BCUT2D eigenvalue weighted by Crippen LogP contribution is 2.35. The van der Waals surface area contributed by atoms with Gasteiger partial charge in [0.15, 0.2) is 0 Å². The van der Waals surface area contributed by atoms with Crippen LogP contribution in [0.25, 0.3) is 10.9 Å². The lowest BCUT2D eigenvalue weighted by Gasteiger charge is -2.45. The Morgan fingerprint density at radius 3 is 2.50 bits per heavy atom. The number of aromatic amines is 1. The Balaban J connectivity index is 0.860. The van der Waals surface area contributed by atoms with Crippen molar-refractivity contribution in [2.75, 3.05) is 39.3 Å². The van der Waals surface area contributed by atoms with E-state index >= 15 is 0 Å². The number of nitrogens with zero attached hydrogens (tertiary/aromatic N) is 1. The van der Waals surface area contributed by atoms with E-state index in [2.05, 4.69) is 38.0 Å². The lowest BCUT2D eigenvalue weighted by Crippen LogP contribution is -2.58. The number of aromatic nitrogens is 1. The van der Waals surface area contributed by atoms with Gasteiger partial charge in [0.2, 0.25) is 5.56 Å². The first kappa shape index (κ1) is 34.4. The molecule has 50 heavy (non-hydrogen) atoms. The lowest BCUT2D eigenvalue weighted by atomic mass is 9.85. The molecular formula is C38H45N5O6S. The van der Waals surface area contributed by atoms with Gasteiger partial charge in [-0.25, -0.2) is 0 Å². The van der Waals surface area contributed by atoms with Gasteiger partial charge in [0.1, 0.15) is 17.4 Å². The van der Waals surface area contributed by atoms with E-state index < -0.39 is 11.6 Å². The van der Waals surface area contributed by atoms with Crippen molar-refractivity contribution in [1.82, 2.24) is 25.8 Å². The number of phenolic OH excluding ortho intramolecular Hbond substituents is 1. The number of aliphatic hydroxyl groups is 1. The highest BCUT2D eigenvalue weighted by atomic mass is 32.1. The number of nitrogens with one attached hydrogen (secondary N) is 4. The fraction of sp³-hybridized carbons (Fsp3) is 0.447. The number of benzene rings is 2. The zero-order valence-electron chi connectivity index (χ0n) is 28.1. The van der Waals surface area contributed by atoms with Crippen molar-refractivity contribution >= 4 is 34.1 Å². The monoisotopic (exact) mass is 699 g/mol. The van der Waals surface area contributed by atoms with Crippen molar-refractivity contribution in [1.29, 1.82) is 0 Å². The number of H-pyrrole nitrogens is 1. The maximum absolute atomic E-state index is 13.9. The molecule has 0 radical (unpaired) electrons. The van der Waals surface area contributed by atoms with Crippen LogP contribution in [0.2, 0.25) is 0 Å². The van der Waals surface area contributed by atoms with Crippen LogP contribution in [0.15, 0.2) is 65.5 Å². The minimum atomic E-state index is -0.829. The number of pyridine rings is 1. The number of hydrogen-bond acceptors (Lipinski definition) is 10. The Morgan fingerprint density at radius 2 is 1.76 bits per heavy atom. The lowest BCUT2D eigenvalue weighted by molar-refractivity contribution is -0.166. The number of piperidine rings is 3. The van der Waals surface area contributed by atoms with E-state index in [1.165, 1.54) is 34.6 Å². The van der Waals surface area contributed by atoms with Gasteiger partial charge in [-0.2, -0.15) is 0 Å². The fourth-order valence-electron chi connectivity index (χ4n) is 7.66. The van der Waals surface area contributed by atoms with Crippen molar-refractivity contribution in [3.8, 4) is 5.75 Å². The normalized spacial score (nSPS) is 21.2. The van der Waals surface area contributed by atoms with Crippen molar-refractivity contribution in [2.45, 2.75) is 62.8 Å². The van der Waals surface area contributed by atoms with Gasteiger partial charge in [-0.05, 0) is 92.2 Å². The SMILES string of the molecule is O=C(NCCCCNC[C@H](O)c1ccc(O)c2[nH]c(=O)ccc12)c1ccc(CNC2(C(=O)O[C@H]3CN4CCC3CC4)Cc3ccccc3C2)s1. The molecule has 3 fully saturated rings. The summed E-state index contributed by atoms with van der Waals surface area (Å²) in [5.74, 6) is 0.114. The predicted octanol–water partition coefficient (Wildman–Crippen LogP) is 3.39. The first-order valence-corrected chi connectivity index (χ1v) is 18.5. The maximum atomic E-state index is 13.9. The van der Waals surface area contributed by atoms with E-state index in [1.54, 1.807) is 12.1 Å². The molecule has 8 rings (SSSR count). The second-order valence-corrected chi connectivity index (χ2v) is 15.0. The fourth-order valence-corrected chi connectivity index (χ4v) is 8.53. The summed E-state index contributed by atoms with van der Waals surface area (Å²) in [6.07, 6.45) is 4.06. The number of rotatable bonds is 14. The summed E-state index contributed by atoms with van der Waals surface area (Å²) >= 11 is 1.43. The standard InChI is InChI=1S/C38H45N5O6S/c44-30-10-8-28(29-9-12-34(46)42-35(29)30)31(45)22-39-15-3-4-16-40-36(47)33-11-7-27(50-33)21-41-38(19-25-5-1-2-6-26(25)20-38)37(48)49-32-23-43-17-13-24(32)14-18-43/h1-2,5-12,24,31-32,39,41,44-45H,3-4,13-23H2,(H,40,47)(H,42,46)/t31-,32-/m0/s1. The molecule has 0 unspecified atom stereocenters. The molecule has 2 aromatic carbocycles. The Kier molecular flexibility index (Phi) is 10.3. The van der Waals surface area contributed by atoms with E-state index in [1.807, 2.05) is 24.3 Å². The van der Waals surface area contributed by atoms with Crippen LogP contribution >= 0.6 is 11.3 Å². The summed E-state index contributed by atoms with van der Waals surface area (Å²) in [5, 5.41) is 31.2. The van der Waals surface area contributed by atoms with Crippen molar-refractivity contribution in [2.24, 2.45) is 5.92 Å². The van der Waals surface area contributed by atoms with Crippen molar-refractivity contribution in [3.05, 3.63) is 97.5 Å². The number of aromatic hydroxyl groups is 1. The number of aliphatic hydroxyl groups excluding tert-OH is 1. The van der Waals surface area contributed by atoms with Gasteiger partial charge < -0.3 is 30.6 Å². The van der Waals surface area contributed by atoms with Crippen molar-refractivity contribution < 1.29 is 24.5 Å². The third-order valence-electron chi connectivity index (χ3n) is 10.5. The molecule has 11 nitrogen and oxygen atoms in total. The molecule has 6 N–H and O–H groups in total. The predicted molar refractivity (Wildman–Crippen MR) is 192 cm³/mol. The largest absolute Gasteiger partial charge is 0.506 e. The van der Waals surface area contributed by atoms with Crippen LogP contribution in [0, 0.1) is 5.92 Å². The summed E-state index contributed by atoms with van der Waals surface area (Å²) in [4.78, 5) is 45.1. The van der Waals surface area contributed by atoms with Gasteiger partial charge in [-0.15, -0.1) is 11.3 Å². The highest BCUT2D eigenvalue weighted by molar-refractivity contribution is 7.14. The molecule has 0 spiro atoms. The number of ether oxygens (including phenoxy) is 1. The van der Waals surface area contributed by atoms with Crippen LogP contribution in [-0.2, 0) is 28.9 Å². The Labute approximate surface area is 295 Å². The van der Waals surface area contributed by atoms with E-state index in [4.69, 9.17) is 4.74 Å². The van der Waals surface area contributed by atoms with Gasteiger partial charge in [-0.1, -0.05) is 30.3 Å². The number of amides is 1. The molecule has 12 heteroatoms. The van der Waals surface area contributed by atoms with Crippen LogP contribution in [0.1, 0.15) is 63.0 Å². The number of carbonyl (C=O) groups excluding carboxylic acids is 2. The van der Waals surface area contributed by atoms with Gasteiger partial charge >= 0.3 is 5.97 Å². The van der Waals surface area contributed by atoms with Gasteiger partial charge in [0.05, 0.1) is 16.5 Å². The molecule has 5 heterocycles. The second kappa shape index (κ2) is 15.0. The summed E-state index contributed by atoms with van der Waals surface area (Å²) in [7, 11) is 0. The first-order valence-electron chi connectivity index (χ1n) is 17.6. The minimum Gasteiger partial charge on any atom is -0.506 e. The molecule has 1 amide bonds. The second-order valence-electron chi connectivity index (χ2n) is 13.9. The molecule has 1 aliphatic carbocycles. The molecule has 2 bridgehead atoms. The van der Waals surface area contributed by atoms with Gasteiger partial charge in [0, 0.05) is 55.4 Å². The highest BCUT2D eigenvalue weighted by Gasteiger charge is 2.47. The van der Waals surface area contributed by atoms with Crippen molar-refractivity contribution in [3.63, 3.8) is 0 Å². The molecule has 4 aliphatic rings. The molecule has 4 aromatic rings. The molecule has 0 saturated carbocycles. The molecule has 3 aliphatic heterocycles. The quantitative estimate of drug-likeness (QED) is 0.0859. The summed E-state index contributed by atoms with van der Waals surface area (Å²) < 4.78 is 6.27. The summed E-state index contributed by atoms with van der Waals surface area (Å²) in [6.45, 7) is 4.97. The molecular weight excluding hydrogens is 655 g/mol. The zero-order chi connectivity index (χ0) is 34.7. The molecule has 2 aromatic heterocycles. The molecule has 3 saturated heterocycles. The van der Waals surface area contributed by atoms with Gasteiger partial charge in [-0.3, -0.25) is 24.6 Å². The Hall–Kier alpha value is -4.07. The third-order valence-corrected chi connectivity index (χ3v) is 11.6. The smallest absolute Gasteiger partial charge is 0.327 e. The Morgan fingerprint density at radius 1 is 1.00 bits per heavy atom. The van der Waals surface area contributed by atoms with Crippen LogP contribution in [-0.4, -0.2) is 82.9 Å². The number of phenols is 1. The van der Waals surface area contributed by atoms with E-state index in [9.17, 15) is 24.6 Å². The Bertz CT molecular complexity index is 1870. The average Bonchev–Trinajstić information content (AvgIpc) is 3.77. The molecule has 264 valence electrons. The number of carbonyl (C=O) groups is 2. The minimum absolute atomic E-state index is 0.0421. The summed E-state index contributed by atoms with van der Waals surface area (Å²) in [5.41, 5.74) is 2.12. The van der Waals surface area contributed by atoms with E-state index in [-0.39, 0.29) is 29.3 Å². The number of esters is 1. The number of unbranched alkanes of at least 4 members (excludes halogenated alkanes) is 1. The van der Waals surface area contributed by atoms with E-state index in [0.29, 0.717) is 66.3 Å². The number of thiophene rings is 1.